The van der Waals surface area contributed by atoms with Crippen LogP contribution in [0, 0.1) is 0 Å². The summed E-state index contributed by atoms with van der Waals surface area (Å²) in [7, 11) is 0. The number of likely N-dealkylation sites (tertiary alicyclic amines) is 1. The van der Waals surface area contributed by atoms with E-state index >= 15 is 0 Å². The lowest BCUT2D eigenvalue weighted by Crippen LogP contribution is -2.39. The molecule has 1 saturated heterocycles. The average molecular weight is 376 g/mol. The maximum absolute atomic E-state index is 12.7. The van der Waals surface area contributed by atoms with Gasteiger partial charge in [0.05, 0.1) is 17.8 Å². The average Bonchev–Trinajstić information content (AvgIpc) is 3.11. The van der Waals surface area contributed by atoms with Crippen LogP contribution in [-0.4, -0.2) is 44.8 Å². The topological polar surface area (TPSA) is 75.4 Å². The van der Waals surface area contributed by atoms with Crippen LogP contribution < -0.4 is 0 Å². The van der Waals surface area contributed by atoms with Gasteiger partial charge in [-0.25, -0.2) is 4.79 Å². The fraction of sp³-hybridized carbons (Fsp3) is 0.421. The molecule has 0 unspecified atom stereocenters. The number of carbonyl (C=O) groups excluding carboxylic acids is 1. The molecule has 2 heterocycles. The molecule has 2 aromatic rings. The molecule has 1 aromatic heterocycles. The molecule has 0 aliphatic carbocycles. The zero-order chi connectivity index (χ0) is 18.8. The van der Waals surface area contributed by atoms with Crippen LogP contribution in [0.5, 0.6) is 0 Å². The molecule has 1 amide bonds. The Balaban J connectivity index is 1.64. The zero-order valence-corrected chi connectivity index (χ0v) is 15.6. The lowest BCUT2D eigenvalue weighted by atomic mass is 10.00. The molecule has 0 atom stereocenters. The maximum atomic E-state index is 12.7. The van der Waals surface area contributed by atoms with Crippen LogP contribution in [0.2, 0.25) is 5.02 Å². The fourth-order valence-corrected chi connectivity index (χ4v) is 3.69. The first kappa shape index (κ1) is 18.5. The van der Waals surface area contributed by atoms with Crippen LogP contribution >= 0.6 is 11.6 Å². The van der Waals surface area contributed by atoms with E-state index in [1.807, 2.05) is 17.0 Å². The predicted octanol–water partition coefficient (Wildman–Crippen LogP) is 3.84. The van der Waals surface area contributed by atoms with Crippen LogP contribution in [0.25, 0.3) is 0 Å². The Morgan fingerprint density at radius 3 is 2.46 bits per heavy atom. The largest absolute Gasteiger partial charge is 0.478 e. The SMILES string of the molecule is CC(C)c1ccc(C(=O)N2CCC(n3cc(C(=O)O)cn3)CC2)cc1Cl. The van der Waals surface area contributed by atoms with Crippen molar-refractivity contribution >= 4 is 23.5 Å². The Kier molecular flexibility index (Phi) is 5.32. The maximum Gasteiger partial charge on any atom is 0.338 e. The third kappa shape index (κ3) is 3.75. The van der Waals surface area contributed by atoms with Crippen molar-refractivity contribution in [1.29, 1.82) is 0 Å². The minimum absolute atomic E-state index is 0.0210. The quantitative estimate of drug-likeness (QED) is 0.881. The molecule has 0 saturated carbocycles. The highest BCUT2D eigenvalue weighted by Gasteiger charge is 2.26. The number of carboxylic acids is 1. The molecular formula is C19H22ClN3O3. The summed E-state index contributed by atoms with van der Waals surface area (Å²) < 4.78 is 1.69. The van der Waals surface area contributed by atoms with Crippen LogP contribution in [0.15, 0.2) is 30.6 Å². The number of amides is 1. The van der Waals surface area contributed by atoms with Gasteiger partial charge in [-0.3, -0.25) is 9.48 Å². The summed E-state index contributed by atoms with van der Waals surface area (Å²) in [6.45, 7) is 5.35. The number of nitrogens with zero attached hydrogens (tertiary/aromatic N) is 3. The number of halogens is 1. The molecule has 0 radical (unpaired) electrons. The summed E-state index contributed by atoms with van der Waals surface area (Å²) in [4.78, 5) is 25.5. The number of hydrogen-bond donors (Lipinski definition) is 1. The lowest BCUT2D eigenvalue weighted by molar-refractivity contribution is 0.0688. The first-order valence-corrected chi connectivity index (χ1v) is 9.10. The van der Waals surface area contributed by atoms with Gasteiger partial charge in [0.2, 0.25) is 0 Å². The number of aromatic carboxylic acids is 1. The van der Waals surface area contributed by atoms with Gasteiger partial charge in [-0.2, -0.15) is 5.10 Å². The van der Waals surface area contributed by atoms with Crippen molar-refractivity contribution in [3.63, 3.8) is 0 Å². The predicted molar refractivity (Wildman–Crippen MR) is 98.9 cm³/mol. The van der Waals surface area contributed by atoms with Crippen LogP contribution in [0.1, 0.15) is 64.9 Å². The molecule has 6 nitrogen and oxygen atoms in total. The number of aromatic nitrogens is 2. The minimum Gasteiger partial charge on any atom is -0.478 e. The smallest absolute Gasteiger partial charge is 0.338 e. The van der Waals surface area contributed by atoms with Crippen molar-refractivity contribution in [1.82, 2.24) is 14.7 Å². The number of benzene rings is 1. The molecule has 138 valence electrons. The molecule has 1 aliphatic rings. The van der Waals surface area contributed by atoms with Crippen molar-refractivity contribution in [3.05, 3.63) is 52.3 Å². The second kappa shape index (κ2) is 7.50. The second-order valence-corrected chi connectivity index (χ2v) is 7.34. The number of hydrogen-bond acceptors (Lipinski definition) is 3. The number of carbonyl (C=O) groups is 2. The Bertz CT molecular complexity index is 823. The van der Waals surface area contributed by atoms with Crippen molar-refractivity contribution in [3.8, 4) is 0 Å². The van der Waals surface area contributed by atoms with E-state index in [-0.39, 0.29) is 17.5 Å². The third-order valence-corrected chi connectivity index (χ3v) is 5.17. The van der Waals surface area contributed by atoms with Crippen LogP contribution in [0.3, 0.4) is 0 Å². The van der Waals surface area contributed by atoms with Crippen molar-refractivity contribution in [2.75, 3.05) is 13.1 Å². The van der Waals surface area contributed by atoms with E-state index in [0.717, 1.165) is 18.4 Å². The van der Waals surface area contributed by atoms with E-state index in [4.69, 9.17) is 16.7 Å². The molecule has 7 heteroatoms. The van der Waals surface area contributed by atoms with Crippen molar-refractivity contribution in [2.45, 2.75) is 38.6 Å². The summed E-state index contributed by atoms with van der Waals surface area (Å²) in [6, 6.07) is 5.61. The normalized spacial score (nSPS) is 15.5. The third-order valence-electron chi connectivity index (χ3n) is 4.84. The van der Waals surface area contributed by atoms with Gasteiger partial charge < -0.3 is 10.0 Å². The van der Waals surface area contributed by atoms with Gasteiger partial charge in [-0.1, -0.05) is 31.5 Å². The highest BCUT2D eigenvalue weighted by molar-refractivity contribution is 6.31. The first-order chi connectivity index (χ1) is 12.4. The van der Waals surface area contributed by atoms with Crippen LogP contribution in [-0.2, 0) is 0 Å². The number of piperidine rings is 1. The van der Waals surface area contributed by atoms with Crippen LogP contribution in [0.4, 0.5) is 0 Å². The van der Waals surface area contributed by atoms with E-state index < -0.39 is 5.97 Å². The van der Waals surface area contributed by atoms with Gasteiger partial charge in [-0.15, -0.1) is 0 Å². The van der Waals surface area contributed by atoms with E-state index in [0.29, 0.717) is 29.6 Å². The van der Waals surface area contributed by atoms with Gasteiger partial charge in [0, 0.05) is 29.9 Å². The lowest BCUT2D eigenvalue weighted by Gasteiger charge is -2.32. The fourth-order valence-electron chi connectivity index (χ4n) is 3.29. The van der Waals surface area contributed by atoms with E-state index in [1.54, 1.807) is 16.9 Å². The van der Waals surface area contributed by atoms with Crippen molar-refractivity contribution in [2.24, 2.45) is 0 Å². The van der Waals surface area contributed by atoms with Crippen molar-refractivity contribution < 1.29 is 14.7 Å². The Morgan fingerprint density at radius 1 is 1.23 bits per heavy atom. The Morgan fingerprint density at radius 2 is 1.92 bits per heavy atom. The number of carboxylic acid groups (broad SMARTS) is 1. The summed E-state index contributed by atoms with van der Waals surface area (Å²) in [5.41, 5.74) is 1.82. The monoisotopic (exact) mass is 375 g/mol. The second-order valence-electron chi connectivity index (χ2n) is 6.93. The Hall–Kier alpha value is -2.34. The minimum atomic E-state index is -0.981. The Labute approximate surface area is 157 Å². The molecule has 0 bridgehead atoms. The summed E-state index contributed by atoms with van der Waals surface area (Å²) in [6.07, 6.45) is 4.39. The molecular weight excluding hydrogens is 354 g/mol. The van der Waals surface area contributed by atoms with E-state index in [1.165, 1.54) is 6.20 Å². The van der Waals surface area contributed by atoms with E-state index in [2.05, 4.69) is 18.9 Å². The van der Waals surface area contributed by atoms with Gasteiger partial charge in [0.1, 0.15) is 0 Å². The molecule has 1 fully saturated rings. The molecule has 3 rings (SSSR count). The summed E-state index contributed by atoms with van der Waals surface area (Å²) in [5, 5.41) is 13.8. The highest BCUT2D eigenvalue weighted by Crippen LogP contribution is 2.27. The van der Waals surface area contributed by atoms with Gasteiger partial charge in [0.25, 0.3) is 5.91 Å². The standard InChI is InChI=1S/C19H22ClN3O3/c1-12(2)16-4-3-13(9-17(16)20)18(24)22-7-5-15(6-8-22)23-11-14(10-21-23)19(25)26/h3-4,9-12,15H,5-8H2,1-2H3,(H,25,26). The molecule has 0 spiro atoms. The first-order valence-electron chi connectivity index (χ1n) is 8.73. The highest BCUT2D eigenvalue weighted by atomic mass is 35.5. The van der Waals surface area contributed by atoms with Gasteiger partial charge in [0.15, 0.2) is 0 Å². The molecule has 1 aliphatic heterocycles. The van der Waals surface area contributed by atoms with E-state index in [9.17, 15) is 9.59 Å². The summed E-state index contributed by atoms with van der Waals surface area (Å²) in [5.74, 6) is -0.690. The number of rotatable bonds is 4. The summed E-state index contributed by atoms with van der Waals surface area (Å²) >= 11 is 6.31. The molecule has 26 heavy (non-hydrogen) atoms. The molecule has 1 N–H and O–H groups in total. The zero-order valence-electron chi connectivity index (χ0n) is 14.9. The van der Waals surface area contributed by atoms with Gasteiger partial charge in [-0.05, 0) is 36.5 Å². The molecule has 1 aromatic carbocycles. The van der Waals surface area contributed by atoms with Gasteiger partial charge >= 0.3 is 5.97 Å².